The Morgan fingerprint density at radius 2 is 1.96 bits per heavy atom. The van der Waals surface area contributed by atoms with E-state index in [-0.39, 0.29) is 18.4 Å². The van der Waals surface area contributed by atoms with E-state index in [0.717, 1.165) is 42.8 Å². The van der Waals surface area contributed by atoms with Crippen molar-refractivity contribution < 1.29 is 14.3 Å². The molecule has 0 unspecified atom stereocenters. The minimum Gasteiger partial charge on any atom is -0.483 e. The van der Waals surface area contributed by atoms with Crippen LogP contribution < -0.4 is 10.1 Å². The number of para-hydroxylation sites is 1. The van der Waals surface area contributed by atoms with Crippen LogP contribution in [0.25, 0.3) is 0 Å². The Bertz CT molecular complexity index is 908. The second-order valence-electron chi connectivity index (χ2n) is 6.47. The van der Waals surface area contributed by atoms with Crippen molar-refractivity contribution >= 4 is 28.2 Å². The molecule has 2 heterocycles. The first kappa shape index (κ1) is 18.9. The highest BCUT2D eigenvalue weighted by Crippen LogP contribution is 2.34. The van der Waals surface area contributed by atoms with Crippen molar-refractivity contribution in [1.82, 2.24) is 4.90 Å². The average molecular weight is 383 g/mol. The molecule has 0 aliphatic carbocycles. The standard InChI is InChI=1S/C20H21N3O3S/c1-13-7-3-4-8-16(13)26-12-17(24)22-19-15(11-21)14(2)18(27-19)20(25)23-9-5-6-10-23/h3-4,7-8H,5-6,9-10,12H2,1-2H3,(H,22,24). The van der Waals surface area contributed by atoms with Crippen molar-refractivity contribution in [3.05, 3.63) is 45.8 Å². The van der Waals surface area contributed by atoms with E-state index in [4.69, 9.17) is 4.74 Å². The molecule has 1 saturated heterocycles. The average Bonchev–Trinajstić information content (AvgIpc) is 3.29. The van der Waals surface area contributed by atoms with Gasteiger partial charge in [0.2, 0.25) is 0 Å². The molecule has 1 aliphatic heterocycles. The number of hydrogen-bond acceptors (Lipinski definition) is 5. The summed E-state index contributed by atoms with van der Waals surface area (Å²) in [6.45, 7) is 4.97. The van der Waals surface area contributed by atoms with Crippen molar-refractivity contribution in [2.75, 3.05) is 25.0 Å². The van der Waals surface area contributed by atoms with Crippen LogP contribution >= 0.6 is 11.3 Å². The molecule has 0 spiro atoms. The smallest absolute Gasteiger partial charge is 0.264 e. The molecule has 140 valence electrons. The zero-order valence-electron chi connectivity index (χ0n) is 15.4. The molecular formula is C20H21N3O3S. The molecule has 2 amide bonds. The lowest BCUT2D eigenvalue weighted by Gasteiger charge is -2.14. The Hall–Kier alpha value is -2.85. The second kappa shape index (κ2) is 8.23. The van der Waals surface area contributed by atoms with E-state index in [1.54, 1.807) is 17.9 Å². The molecule has 2 aromatic rings. The van der Waals surface area contributed by atoms with Gasteiger partial charge in [-0.3, -0.25) is 9.59 Å². The molecule has 6 nitrogen and oxygen atoms in total. The molecule has 0 bridgehead atoms. The van der Waals surface area contributed by atoms with Crippen molar-refractivity contribution in [3.63, 3.8) is 0 Å². The number of hydrogen-bond donors (Lipinski definition) is 1. The molecule has 7 heteroatoms. The number of thiophene rings is 1. The summed E-state index contributed by atoms with van der Waals surface area (Å²) in [5.74, 6) is 0.208. The Kier molecular flexibility index (Phi) is 5.77. The molecule has 27 heavy (non-hydrogen) atoms. The third-order valence-corrected chi connectivity index (χ3v) is 5.75. The number of carbonyl (C=O) groups is 2. The normalized spacial score (nSPS) is 13.3. The van der Waals surface area contributed by atoms with Gasteiger partial charge in [-0.05, 0) is 43.9 Å². The van der Waals surface area contributed by atoms with Crippen LogP contribution in [0.15, 0.2) is 24.3 Å². The van der Waals surface area contributed by atoms with Crippen LogP contribution in [-0.4, -0.2) is 36.4 Å². The van der Waals surface area contributed by atoms with Crippen LogP contribution in [0.3, 0.4) is 0 Å². The van der Waals surface area contributed by atoms with Crippen LogP contribution in [0.1, 0.15) is 39.2 Å². The highest BCUT2D eigenvalue weighted by molar-refractivity contribution is 7.18. The predicted octanol–water partition coefficient (Wildman–Crippen LogP) is 3.49. The van der Waals surface area contributed by atoms with E-state index in [1.807, 2.05) is 25.1 Å². The molecule has 0 saturated carbocycles. The lowest BCUT2D eigenvalue weighted by Crippen LogP contribution is -2.27. The van der Waals surface area contributed by atoms with Crippen LogP contribution in [0.5, 0.6) is 5.75 Å². The fraction of sp³-hybridized carbons (Fsp3) is 0.350. The summed E-state index contributed by atoms with van der Waals surface area (Å²) in [6, 6.07) is 9.54. The number of nitrogens with one attached hydrogen (secondary N) is 1. The van der Waals surface area contributed by atoms with Gasteiger partial charge in [-0.25, -0.2) is 0 Å². The third-order valence-electron chi connectivity index (χ3n) is 4.55. The number of ether oxygens (including phenoxy) is 1. The van der Waals surface area contributed by atoms with Gasteiger partial charge in [-0.15, -0.1) is 11.3 Å². The SMILES string of the molecule is Cc1ccccc1OCC(=O)Nc1sc(C(=O)N2CCCC2)c(C)c1C#N. The largest absolute Gasteiger partial charge is 0.483 e. The van der Waals surface area contributed by atoms with Gasteiger partial charge in [-0.1, -0.05) is 18.2 Å². The number of likely N-dealkylation sites (tertiary alicyclic amines) is 1. The van der Waals surface area contributed by atoms with E-state index in [0.29, 0.717) is 26.8 Å². The molecular weight excluding hydrogens is 362 g/mol. The van der Waals surface area contributed by atoms with Gasteiger partial charge >= 0.3 is 0 Å². The minimum atomic E-state index is -0.365. The van der Waals surface area contributed by atoms with Crippen molar-refractivity contribution in [1.29, 1.82) is 5.26 Å². The quantitative estimate of drug-likeness (QED) is 0.857. The number of nitrogens with zero attached hydrogens (tertiary/aromatic N) is 2. The number of aryl methyl sites for hydroxylation is 1. The third kappa shape index (κ3) is 4.12. The molecule has 1 fully saturated rings. The number of anilines is 1. The van der Waals surface area contributed by atoms with Gasteiger partial charge in [0.05, 0.1) is 10.4 Å². The summed E-state index contributed by atoms with van der Waals surface area (Å²) in [7, 11) is 0. The van der Waals surface area contributed by atoms with E-state index in [9.17, 15) is 14.9 Å². The van der Waals surface area contributed by atoms with Crippen molar-refractivity contribution in [2.24, 2.45) is 0 Å². The van der Waals surface area contributed by atoms with E-state index < -0.39 is 0 Å². The van der Waals surface area contributed by atoms with E-state index in [2.05, 4.69) is 11.4 Å². The van der Waals surface area contributed by atoms with Gasteiger partial charge < -0.3 is 15.0 Å². The van der Waals surface area contributed by atoms with Gasteiger partial charge in [0.25, 0.3) is 11.8 Å². The summed E-state index contributed by atoms with van der Waals surface area (Å²) in [4.78, 5) is 27.3. The summed E-state index contributed by atoms with van der Waals surface area (Å²) in [5.41, 5.74) is 1.90. The molecule has 0 radical (unpaired) electrons. The lowest BCUT2D eigenvalue weighted by atomic mass is 10.1. The Morgan fingerprint density at radius 3 is 2.63 bits per heavy atom. The van der Waals surface area contributed by atoms with E-state index in [1.165, 1.54) is 0 Å². The number of nitriles is 1. The first-order chi connectivity index (χ1) is 13.0. The van der Waals surface area contributed by atoms with Crippen LogP contribution in [0.4, 0.5) is 5.00 Å². The summed E-state index contributed by atoms with van der Waals surface area (Å²) >= 11 is 1.16. The molecule has 1 aromatic heterocycles. The summed E-state index contributed by atoms with van der Waals surface area (Å²) < 4.78 is 5.54. The van der Waals surface area contributed by atoms with Gasteiger partial charge in [0.15, 0.2) is 6.61 Å². The topological polar surface area (TPSA) is 82.4 Å². The maximum absolute atomic E-state index is 12.7. The molecule has 0 atom stereocenters. The molecule has 1 aliphatic rings. The minimum absolute atomic E-state index is 0.0665. The number of amides is 2. The van der Waals surface area contributed by atoms with Crippen LogP contribution in [0.2, 0.25) is 0 Å². The summed E-state index contributed by atoms with van der Waals surface area (Å²) in [6.07, 6.45) is 2.00. The zero-order valence-corrected chi connectivity index (χ0v) is 16.2. The van der Waals surface area contributed by atoms with Crippen LogP contribution in [-0.2, 0) is 4.79 Å². The van der Waals surface area contributed by atoms with Crippen molar-refractivity contribution in [3.8, 4) is 11.8 Å². The maximum Gasteiger partial charge on any atom is 0.264 e. The Balaban J connectivity index is 1.71. The van der Waals surface area contributed by atoms with Gasteiger partial charge in [-0.2, -0.15) is 5.26 Å². The van der Waals surface area contributed by atoms with Crippen molar-refractivity contribution in [2.45, 2.75) is 26.7 Å². The first-order valence-corrected chi connectivity index (χ1v) is 9.64. The number of benzene rings is 1. The van der Waals surface area contributed by atoms with Crippen LogP contribution in [0, 0.1) is 25.2 Å². The monoisotopic (exact) mass is 383 g/mol. The highest BCUT2D eigenvalue weighted by Gasteiger charge is 2.26. The predicted molar refractivity (Wildman–Crippen MR) is 104 cm³/mol. The summed E-state index contributed by atoms with van der Waals surface area (Å²) in [5, 5.41) is 12.6. The van der Waals surface area contributed by atoms with Gasteiger partial charge in [0.1, 0.15) is 16.8 Å². The Labute approximate surface area is 162 Å². The van der Waals surface area contributed by atoms with E-state index >= 15 is 0 Å². The maximum atomic E-state index is 12.7. The molecule has 3 rings (SSSR count). The highest BCUT2D eigenvalue weighted by atomic mass is 32.1. The zero-order chi connectivity index (χ0) is 19.4. The van der Waals surface area contributed by atoms with Gasteiger partial charge in [0, 0.05) is 13.1 Å². The fourth-order valence-electron chi connectivity index (χ4n) is 3.03. The second-order valence-corrected chi connectivity index (χ2v) is 7.49. The first-order valence-electron chi connectivity index (χ1n) is 8.82. The molecule has 1 N–H and O–H groups in total. The fourth-order valence-corrected chi connectivity index (χ4v) is 4.17. The lowest BCUT2D eigenvalue weighted by molar-refractivity contribution is -0.118. The Morgan fingerprint density at radius 1 is 1.26 bits per heavy atom. The number of rotatable bonds is 5. The molecule has 1 aromatic carbocycles. The number of carbonyl (C=O) groups excluding carboxylic acids is 2.